The van der Waals surface area contributed by atoms with Crippen LogP contribution in [0.3, 0.4) is 0 Å². The van der Waals surface area contributed by atoms with Crippen molar-refractivity contribution in [2.24, 2.45) is 0 Å². The minimum absolute atomic E-state index is 0.151. The molecule has 1 saturated heterocycles. The first kappa shape index (κ1) is 9.67. The lowest BCUT2D eigenvalue weighted by molar-refractivity contribution is 0.141. The highest BCUT2D eigenvalue weighted by molar-refractivity contribution is 7.71. The predicted octanol–water partition coefficient (Wildman–Crippen LogP) is 0.976. The lowest BCUT2D eigenvalue weighted by Gasteiger charge is -2.12. The second-order valence-corrected chi connectivity index (χ2v) is 3.81. The molecule has 0 aromatic carbocycles. The first-order valence-electron chi connectivity index (χ1n) is 4.76. The Morgan fingerprint density at radius 1 is 1.36 bits per heavy atom. The molecule has 1 aromatic heterocycles. The average molecular weight is 215 g/mol. The van der Waals surface area contributed by atoms with Crippen LogP contribution in [0.5, 0.6) is 0 Å². The van der Waals surface area contributed by atoms with Crippen molar-refractivity contribution in [3.8, 4) is 0 Å². The highest BCUT2D eigenvalue weighted by Crippen LogP contribution is 2.19. The van der Waals surface area contributed by atoms with E-state index < -0.39 is 0 Å². The maximum absolute atomic E-state index is 11.4. The first-order chi connectivity index (χ1) is 6.79. The van der Waals surface area contributed by atoms with Gasteiger partial charge in [-0.05, 0) is 31.5 Å². The number of nitrogens with one attached hydrogen (secondary N) is 2. The Labute approximate surface area is 86.1 Å². The molecule has 1 aliphatic heterocycles. The maximum Gasteiger partial charge on any atom is 0.342 e. The van der Waals surface area contributed by atoms with Gasteiger partial charge in [-0.3, -0.25) is 9.67 Å². The van der Waals surface area contributed by atoms with Gasteiger partial charge in [-0.25, -0.2) is 9.89 Å². The predicted molar refractivity (Wildman–Crippen MR) is 53.9 cm³/mol. The van der Waals surface area contributed by atoms with E-state index in [1.165, 1.54) is 0 Å². The summed E-state index contributed by atoms with van der Waals surface area (Å²) >= 11 is 5.03. The summed E-state index contributed by atoms with van der Waals surface area (Å²) in [6.07, 6.45) is 2.79. The zero-order valence-corrected chi connectivity index (χ0v) is 8.60. The normalized spacial score (nSPS) is 23.3. The second-order valence-electron chi connectivity index (χ2n) is 3.43. The topological polar surface area (TPSA) is 62.8 Å². The van der Waals surface area contributed by atoms with Gasteiger partial charge in [-0.1, -0.05) is 0 Å². The van der Waals surface area contributed by atoms with E-state index in [0.29, 0.717) is 11.4 Å². The van der Waals surface area contributed by atoms with Crippen LogP contribution in [0.25, 0.3) is 0 Å². The highest BCUT2D eigenvalue weighted by Gasteiger charge is 2.16. The Morgan fingerprint density at radius 2 is 2.21 bits per heavy atom. The standard InChI is InChI=1S/C8H13N3O2S/c12-7-9-10-8(14)11(7)6-2-1-4-13-5-3-6/h6H,1-5H2,(H,9,12)(H,10,14). The molecule has 1 fully saturated rings. The molecule has 0 aliphatic carbocycles. The molecule has 0 bridgehead atoms. The van der Waals surface area contributed by atoms with E-state index in [4.69, 9.17) is 17.0 Å². The van der Waals surface area contributed by atoms with Crippen LogP contribution in [0, 0.1) is 4.77 Å². The van der Waals surface area contributed by atoms with Gasteiger partial charge in [0, 0.05) is 19.3 Å². The number of rotatable bonds is 1. The van der Waals surface area contributed by atoms with E-state index in [2.05, 4.69) is 10.2 Å². The van der Waals surface area contributed by atoms with Crippen LogP contribution in [-0.4, -0.2) is 28.0 Å². The molecule has 78 valence electrons. The van der Waals surface area contributed by atoms with Crippen LogP contribution in [0.2, 0.25) is 0 Å². The number of hydrogen-bond acceptors (Lipinski definition) is 3. The summed E-state index contributed by atoms with van der Waals surface area (Å²) in [4.78, 5) is 11.4. The van der Waals surface area contributed by atoms with Crippen molar-refractivity contribution in [3.63, 3.8) is 0 Å². The van der Waals surface area contributed by atoms with Crippen LogP contribution >= 0.6 is 12.2 Å². The fraction of sp³-hybridized carbons (Fsp3) is 0.750. The van der Waals surface area contributed by atoms with Crippen LogP contribution in [0.1, 0.15) is 25.3 Å². The van der Waals surface area contributed by atoms with Crippen LogP contribution in [0.4, 0.5) is 0 Å². The molecule has 1 unspecified atom stereocenters. The van der Waals surface area contributed by atoms with Gasteiger partial charge in [0.05, 0.1) is 0 Å². The van der Waals surface area contributed by atoms with Crippen molar-refractivity contribution >= 4 is 12.2 Å². The fourth-order valence-corrected chi connectivity index (χ4v) is 2.08. The lowest BCUT2D eigenvalue weighted by Crippen LogP contribution is -2.22. The molecule has 1 aliphatic rings. The van der Waals surface area contributed by atoms with Gasteiger partial charge in [0.25, 0.3) is 0 Å². The van der Waals surface area contributed by atoms with Crippen LogP contribution in [0.15, 0.2) is 4.79 Å². The highest BCUT2D eigenvalue weighted by atomic mass is 32.1. The Morgan fingerprint density at radius 3 is 2.93 bits per heavy atom. The maximum atomic E-state index is 11.4. The molecule has 1 aromatic rings. The number of nitrogens with zero attached hydrogens (tertiary/aromatic N) is 1. The second kappa shape index (κ2) is 4.10. The fourth-order valence-electron chi connectivity index (χ4n) is 1.80. The third-order valence-corrected chi connectivity index (χ3v) is 2.80. The molecule has 0 saturated carbocycles. The summed E-state index contributed by atoms with van der Waals surface area (Å²) in [5, 5.41) is 5.15. The summed E-state index contributed by atoms with van der Waals surface area (Å²) in [5.74, 6) is 0. The molecule has 0 spiro atoms. The number of hydrogen-bond donors (Lipinski definition) is 2. The molecule has 14 heavy (non-hydrogen) atoms. The van der Waals surface area contributed by atoms with Crippen molar-refractivity contribution in [2.45, 2.75) is 25.3 Å². The number of ether oxygens (including phenoxy) is 1. The quantitative estimate of drug-likeness (QED) is 0.686. The minimum Gasteiger partial charge on any atom is -0.381 e. The van der Waals surface area contributed by atoms with Gasteiger partial charge < -0.3 is 4.74 Å². The Balaban J connectivity index is 2.29. The van der Waals surface area contributed by atoms with Crippen LogP contribution < -0.4 is 5.69 Å². The van der Waals surface area contributed by atoms with E-state index in [-0.39, 0.29) is 11.7 Å². The van der Waals surface area contributed by atoms with E-state index >= 15 is 0 Å². The molecule has 0 radical (unpaired) electrons. The summed E-state index contributed by atoms with van der Waals surface area (Å²) in [6, 6.07) is 0.181. The van der Waals surface area contributed by atoms with Crippen molar-refractivity contribution in [1.82, 2.24) is 14.8 Å². The van der Waals surface area contributed by atoms with Crippen LogP contribution in [-0.2, 0) is 4.74 Å². The third kappa shape index (κ3) is 1.80. The van der Waals surface area contributed by atoms with E-state index in [1.54, 1.807) is 4.57 Å². The summed E-state index contributed by atoms with van der Waals surface area (Å²) < 4.78 is 7.42. The molecular weight excluding hydrogens is 202 g/mol. The number of aromatic nitrogens is 3. The largest absolute Gasteiger partial charge is 0.381 e. The summed E-state index contributed by atoms with van der Waals surface area (Å²) in [6.45, 7) is 1.49. The summed E-state index contributed by atoms with van der Waals surface area (Å²) in [7, 11) is 0. The van der Waals surface area contributed by atoms with Gasteiger partial charge >= 0.3 is 5.69 Å². The number of H-pyrrole nitrogens is 2. The molecule has 2 rings (SSSR count). The Kier molecular flexibility index (Phi) is 2.83. The molecule has 6 heteroatoms. The molecule has 0 amide bonds. The third-order valence-electron chi connectivity index (χ3n) is 2.50. The SMILES string of the molecule is O=c1[nH][nH]c(=S)n1C1CCCOCC1. The zero-order valence-electron chi connectivity index (χ0n) is 7.78. The monoisotopic (exact) mass is 215 g/mol. The average Bonchev–Trinajstić information content (AvgIpc) is 2.45. The van der Waals surface area contributed by atoms with Crippen molar-refractivity contribution in [2.75, 3.05) is 13.2 Å². The van der Waals surface area contributed by atoms with Gasteiger partial charge in [-0.2, -0.15) is 0 Å². The van der Waals surface area contributed by atoms with Gasteiger partial charge in [0.15, 0.2) is 4.77 Å². The van der Waals surface area contributed by atoms with E-state index in [9.17, 15) is 4.79 Å². The van der Waals surface area contributed by atoms with Gasteiger partial charge in [0.2, 0.25) is 0 Å². The molecule has 2 heterocycles. The van der Waals surface area contributed by atoms with E-state index in [1.807, 2.05) is 0 Å². The minimum atomic E-state index is -0.151. The molecule has 5 nitrogen and oxygen atoms in total. The zero-order chi connectivity index (χ0) is 9.97. The lowest BCUT2D eigenvalue weighted by atomic mass is 10.1. The van der Waals surface area contributed by atoms with Crippen molar-refractivity contribution in [3.05, 3.63) is 15.3 Å². The van der Waals surface area contributed by atoms with Crippen molar-refractivity contribution < 1.29 is 4.74 Å². The first-order valence-corrected chi connectivity index (χ1v) is 5.17. The molecule has 1 atom stereocenters. The summed E-state index contributed by atoms with van der Waals surface area (Å²) in [5.41, 5.74) is -0.151. The smallest absolute Gasteiger partial charge is 0.342 e. The van der Waals surface area contributed by atoms with Gasteiger partial charge in [-0.15, -0.1) is 0 Å². The Hall–Kier alpha value is -0.880. The van der Waals surface area contributed by atoms with E-state index in [0.717, 1.165) is 25.9 Å². The Bertz CT molecular complexity index is 370. The molecule has 2 N–H and O–H groups in total. The van der Waals surface area contributed by atoms with Gasteiger partial charge in [0.1, 0.15) is 0 Å². The molecular formula is C8H13N3O2S. The van der Waals surface area contributed by atoms with Crippen molar-refractivity contribution in [1.29, 1.82) is 0 Å². The number of aromatic amines is 2.